The molecule has 0 aliphatic carbocycles. The lowest BCUT2D eigenvalue weighted by Gasteiger charge is -2.28. The van der Waals surface area contributed by atoms with Gasteiger partial charge in [0.1, 0.15) is 18.1 Å². The lowest BCUT2D eigenvalue weighted by molar-refractivity contribution is -0.140. The summed E-state index contributed by atoms with van der Waals surface area (Å²) < 4.78 is 13.9. The monoisotopic (exact) mass is 539 g/mol. The first kappa shape index (κ1) is 26.1. The third kappa shape index (κ3) is 4.84. The van der Waals surface area contributed by atoms with Crippen LogP contribution in [0.5, 0.6) is 5.75 Å². The van der Waals surface area contributed by atoms with Gasteiger partial charge in [0.05, 0.1) is 24.1 Å². The van der Waals surface area contributed by atoms with Gasteiger partial charge < -0.3 is 23.8 Å². The van der Waals surface area contributed by atoms with Crippen LogP contribution in [-0.4, -0.2) is 54.9 Å². The SMILES string of the molecule is CC(=O)O/N=C1\COc2c1ccc1c2c2cc(C(=O)c3ccc(N4CCOCC4)cc3)ccc2n1CCC(C)C. The summed E-state index contributed by atoms with van der Waals surface area (Å²) in [7, 11) is 0. The van der Waals surface area contributed by atoms with E-state index < -0.39 is 5.97 Å². The highest BCUT2D eigenvalue weighted by atomic mass is 16.7. The first-order valence-electron chi connectivity index (χ1n) is 13.8. The van der Waals surface area contributed by atoms with Crippen molar-refractivity contribution in [1.82, 2.24) is 4.57 Å². The maximum atomic E-state index is 13.6. The second kappa shape index (κ2) is 10.8. The number of aryl methyl sites for hydroxylation is 1. The smallest absolute Gasteiger partial charge is 0.331 e. The molecule has 8 heteroatoms. The van der Waals surface area contributed by atoms with Crippen LogP contribution in [-0.2, 0) is 20.9 Å². The Kier molecular flexibility index (Phi) is 7.02. The first-order chi connectivity index (χ1) is 19.4. The molecule has 40 heavy (non-hydrogen) atoms. The number of ether oxygens (including phenoxy) is 2. The summed E-state index contributed by atoms with van der Waals surface area (Å²) in [4.78, 5) is 32.1. The van der Waals surface area contributed by atoms with Crippen LogP contribution < -0.4 is 9.64 Å². The lowest BCUT2D eigenvalue weighted by Crippen LogP contribution is -2.36. The molecule has 0 spiro atoms. The van der Waals surface area contributed by atoms with Crippen molar-refractivity contribution in [3.63, 3.8) is 0 Å². The molecular formula is C32H33N3O5. The largest absolute Gasteiger partial charge is 0.486 e. The average Bonchev–Trinajstić information content (AvgIpc) is 3.53. The number of carbonyl (C=O) groups is 2. The fourth-order valence-electron chi connectivity index (χ4n) is 5.53. The third-order valence-corrected chi connectivity index (χ3v) is 7.63. The molecule has 6 rings (SSSR count). The number of anilines is 1. The number of hydrogen-bond acceptors (Lipinski definition) is 7. The van der Waals surface area contributed by atoms with E-state index in [-0.39, 0.29) is 12.4 Å². The number of morpholine rings is 1. The summed E-state index contributed by atoms with van der Waals surface area (Å²) in [5.41, 5.74) is 5.84. The van der Waals surface area contributed by atoms with E-state index in [2.05, 4.69) is 34.5 Å². The van der Waals surface area contributed by atoms with E-state index in [0.29, 0.717) is 28.5 Å². The normalized spacial score (nSPS) is 16.1. The highest BCUT2D eigenvalue weighted by Crippen LogP contribution is 2.41. The molecule has 2 aliphatic heterocycles. The quantitative estimate of drug-likeness (QED) is 0.174. The van der Waals surface area contributed by atoms with Gasteiger partial charge in [-0.1, -0.05) is 19.0 Å². The Labute approximate surface area is 233 Å². The van der Waals surface area contributed by atoms with Crippen LogP contribution in [0.1, 0.15) is 48.7 Å². The lowest BCUT2D eigenvalue weighted by atomic mass is 10.00. The number of nitrogens with zero attached hydrogens (tertiary/aromatic N) is 3. The number of rotatable bonds is 7. The molecule has 1 saturated heterocycles. The highest BCUT2D eigenvalue weighted by molar-refractivity contribution is 6.20. The van der Waals surface area contributed by atoms with Crippen molar-refractivity contribution >= 4 is 45.0 Å². The fourth-order valence-corrected chi connectivity index (χ4v) is 5.53. The molecule has 0 radical (unpaired) electrons. The molecule has 0 amide bonds. The summed E-state index contributed by atoms with van der Waals surface area (Å²) in [6, 6.07) is 17.8. The van der Waals surface area contributed by atoms with E-state index in [1.807, 2.05) is 48.5 Å². The molecule has 2 aliphatic rings. The Hall–Kier alpha value is -4.17. The van der Waals surface area contributed by atoms with Crippen molar-refractivity contribution in [2.75, 3.05) is 37.8 Å². The van der Waals surface area contributed by atoms with E-state index in [0.717, 1.165) is 72.3 Å². The summed E-state index contributed by atoms with van der Waals surface area (Å²) in [6.07, 6.45) is 1.02. The van der Waals surface area contributed by atoms with Crippen molar-refractivity contribution < 1.29 is 23.9 Å². The molecule has 1 fully saturated rings. The van der Waals surface area contributed by atoms with Gasteiger partial charge in [0.2, 0.25) is 0 Å². The van der Waals surface area contributed by atoms with Gasteiger partial charge in [-0.05, 0) is 66.9 Å². The van der Waals surface area contributed by atoms with Crippen LogP contribution in [0.3, 0.4) is 0 Å². The number of fused-ring (bicyclic) bond motifs is 5. The topological polar surface area (TPSA) is 82.4 Å². The van der Waals surface area contributed by atoms with Crippen LogP contribution in [0.2, 0.25) is 0 Å². The minimum atomic E-state index is -0.478. The molecule has 0 atom stereocenters. The van der Waals surface area contributed by atoms with Gasteiger partial charge in [-0.25, -0.2) is 4.79 Å². The Balaban J connectivity index is 1.42. The zero-order valence-electron chi connectivity index (χ0n) is 23.1. The Morgan fingerprint density at radius 3 is 2.42 bits per heavy atom. The van der Waals surface area contributed by atoms with E-state index in [9.17, 15) is 9.59 Å². The fraction of sp³-hybridized carbons (Fsp3) is 0.344. The number of ketones is 1. The van der Waals surface area contributed by atoms with Gasteiger partial charge in [0.25, 0.3) is 0 Å². The molecule has 4 aromatic rings. The Morgan fingerprint density at radius 1 is 0.975 bits per heavy atom. The molecule has 3 heterocycles. The van der Waals surface area contributed by atoms with Gasteiger partial charge in [0, 0.05) is 59.8 Å². The highest BCUT2D eigenvalue weighted by Gasteiger charge is 2.27. The van der Waals surface area contributed by atoms with Crippen molar-refractivity contribution in [2.45, 2.75) is 33.7 Å². The molecule has 0 unspecified atom stereocenters. The Bertz CT molecular complexity index is 1630. The van der Waals surface area contributed by atoms with Crippen LogP contribution in [0.15, 0.2) is 59.8 Å². The van der Waals surface area contributed by atoms with Crippen molar-refractivity contribution in [2.24, 2.45) is 11.1 Å². The Morgan fingerprint density at radius 2 is 1.70 bits per heavy atom. The van der Waals surface area contributed by atoms with E-state index in [4.69, 9.17) is 14.3 Å². The molecule has 0 N–H and O–H groups in total. The van der Waals surface area contributed by atoms with Crippen LogP contribution in [0, 0.1) is 5.92 Å². The predicted octanol–water partition coefficient (Wildman–Crippen LogP) is 5.57. The van der Waals surface area contributed by atoms with Gasteiger partial charge in [-0.3, -0.25) is 4.79 Å². The number of benzene rings is 3. The third-order valence-electron chi connectivity index (χ3n) is 7.63. The molecule has 0 bridgehead atoms. The molecule has 206 valence electrons. The van der Waals surface area contributed by atoms with Gasteiger partial charge in [-0.15, -0.1) is 0 Å². The van der Waals surface area contributed by atoms with Gasteiger partial charge >= 0.3 is 5.97 Å². The van der Waals surface area contributed by atoms with Crippen LogP contribution >= 0.6 is 0 Å². The number of oxime groups is 1. The van der Waals surface area contributed by atoms with Gasteiger partial charge in [0.15, 0.2) is 5.78 Å². The van der Waals surface area contributed by atoms with Crippen molar-refractivity contribution in [3.8, 4) is 5.75 Å². The maximum Gasteiger partial charge on any atom is 0.331 e. The maximum absolute atomic E-state index is 13.6. The first-order valence-corrected chi connectivity index (χ1v) is 13.8. The summed E-state index contributed by atoms with van der Waals surface area (Å²) >= 11 is 0. The van der Waals surface area contributed by atoms with E-state index >= 15 is 0 Å². The summed E-state index contributed by atoms with van der Waals surface area (Å²) in [5, 5.41) is 5.92. The standard InChI is InChI=1S/C32H33N3O5/c1-20(2)12-13-35-28-10-6-23(31(37)22-4-7-24(8-5-22)34-14-16-38-17-15-34)18-26(28)30-29(35)11-9-25-27(19-39-32(25)30)33-40-21(3)36/h4-11,18,20H,12-17,19H2,1-3H3/b33-27+. The number of carbonyl (C=O) groups excluding carboxylic acids is 2. The molecule has 3 aromatic carbocycles. The molecule has 8 nitrogen and oxygen atoms in total. The van der Waals surface area contributed by atoms with Crippen molar-refractivity contribution in [1.29, 1.82) is 0 Å². The zero-order chi connectivity index (χ0) is 27.8. The molecular weight excluding hydrogens is 506 g/mol. The van der Waals surface area contributed by atoms with Gasteiger partial charge in [-0.2, -0.15) is 0 Å². The zero-order valence-corrected chi connectivity index (χ0v) is 23.1. The number of aromatic nitrogens is 1. The summed E-state index contributed by atoms with van der Waals surface area (Å²) in [5.74, 6) is 0.746. The molecule has 1 aromatic heterocycles. The average molecular weight is 540 g/mol. The van der Waals surface area contributed by atoms with Crippen LogP contribution in [0.4, 0.5) is 5.69 Å². The minimum Gasteiger partial charge on any atom is -0.486 e. The second-order valence-electron chi connectivity index (χ2n) is 10.8. The van der Waals surface area contributed by atoms with E-state index in [1.165, 1.54) is 6.92 Å². The van der Waals surface area contributed by atoms with Crippen LogP contribution in [0.25, 0.3) is 21.8 Å². The molecule has 0 saturated carbocycles. The summed E-state index contributed by atoms with van der Waals surface area (Å²) in [6.45, 7) is 9.96. The second-order valence-corrected chi connectivity index (χ2v) is 10.8. The predicted molar refractivity (Wildman–Crippen MR) is 156 cm³/mol. The van der Waals surface area contributed by atoms with E-state index in [1.54, 1.807) is 0 Å². The van der Waals surface area contributed by atoms with Crippen molar-refractivity contribution in [3.05, 3.63) is 71.3 Å². The number of hydrogen-bond donors (Lipinski definition) is 0. The minimum absolute atomic E-state index is 0.0240.